The van der Waals surface area contributed by atoms with Gasteiger partial charge in [0.15, 0.2) is 0 Å². The van der Waals surface area contributed by atoms with Crippen LogP contribution < -0.4 is 5.32 Å². The number of methoxy groups -OCH3 is 3. The molecule has 0 amide bonds. The number of rotatable bonds is 5. The summed E-state index contributed by atoms with van der Waals surface area (Å²) < 4.78 is 19.5. The van der Waals surface area contributed by atoms with Crippen LogP contribution in [0.25, 0.3) is 0 Å². The van der Waals surface area contributed by atoms with Crippen molar-refractivity contribution in [2.75, 3.05) is 26.6 Å². The first-order valence-corrected chi connectivity index (χ1v) is 7.71. The predicted molar refractivity (Wildman–Crippen MR) is 83.2 cm³/mol. The first-order valence-electron chi connectivity index (χ1n) is 7.71. The van der Waals surface area contributed by atoms with Crippen molar-refractivity contribution in [2.45, 2.75) is 38.1 Å². The second-order valence-corrected chi connectivity index (χ2v) is 5.46. The number of hydrogen-bond donors (Lipinski definition) is 1. The van der Waals surface area contributed by atoms with E-state index in [4.69, 9.17) is 9.15 Å². The Bertz CT molecular complexity index is 629. The van der Waals surface area contributed by atoms with E-state index in [0.29, 0.717) is 0 Å². The smallest absolute Gasteiger partial charge is 0.375 e. The number of carbonyl (C=O) groups excluding carboxylic acids is 3. The van der Waals surface area contributed by atoms with Crippen LogP contribution in [0.1, 0.15) is 63.4 Å². The highest BCUT2D eigenvalue weighted by atomic mass is 16.5. The van der Waals surface area contributed by atoms with Gasteiger partial charge in [0.2, 0.25) is 11.6 Å². The molecule has 0 unspecified atom stereocenters. The molecule has 0 aliphatic heterocycles. The van der Waals surface area contributed by atoms with Gasteiger partial charge in [0.1, 0.15) is 11.1 Å². The largest absolute Gasteiger partial charge is 0.465 e. The summed E-state index contributed by atoms with van der Waals surface area (Å²) in [5, 5.41) is 3.10. The van der Waals surface area contributed by atoms with Crippen LogP contribution in [0.3, 0.4) is 0 Å². The monoisotopic (exact) mass is 339 g/mol. The van der Waals surface area contributed by atoms with E-state index >= 15 is 0 Å². The molecule has 1 fully saturated rings. The van der Waals surface area contributed by atoms with E-state index < -0.39 is 17.9 Å². The van der Waals surface area contributed by atoms with E-state index in [1.807, 2.05) is 0 Å². The van der Waals surface area contributed by atoms with Crippen molar-refractivity contribution in [3.8, 4) is 0 Å². The Morgan fingerprint density at radius 3 is 1.96 bits per heavy atom. The molecule has 1 aromatic rings. The molecule has 0 atom stereocenters. The predicted octanol–water partition coefficient (Wildman–Crippen LogP) is 2.38. The number of carbonyl (C=O) groups is 3. The van der Waals surface area contributed by atoms with Crippen LogP contribution in [0, 0.1) is 0 Å². The van der Waals surface area contributed by atoms with E-state index in [0.717, 1.165) is 46.3 Å². The van der Waals surface area contributed by atoms with E-state index in [1.165, 1.54) is 7.11 Å². The summed E-state index contributed by atoms with van der Waals surface area (Å²) >= 11 is 0. The first-order chi connectivity index (χ1) is 11.5. The number of ether oxygens (including phenoxy) is 3. The molecular formula is C16H21NO7. The molecule has 1 aliphatic rings. The summed E-state index contributed by atoms with van der Waals surface area (Å²) in [5.74, 6) is -2.92. The Morgan fingerprint density at radius 1 is 0.875 bits per heavy atom. The first kappa shape index (κ1) is 17.8. The number of hydrogen-bond acceptors (Lipinski definition) is 8. The Balaban J connectivity index is 2.51. The van der Waals surface area contributed by atoms with Gasteiger partial charge in [-0.15, -0.1) is 0 Å². The zero-order valence-corrected chi connectivity index (χ0v) is 14.0. The topological polar surface area (TPSA) is 104 Å². The van der Waals surface area contributed by atoms with E-state index in [-0.39, 0.29) is 28.8 Å². The molecule has 0 saturated heterocycles. The lowest BCUT2D eigenvalue weighted by molar-refractivity contribution is 0.0523. The third-order valence-corrected chi connectivity index (χ3v) is 4.00. The third-order valence-electron chi connectivity index (χ3n) is 4.00. The van der Waals surface area contributed by atoms with Crippen LogP contribution in [0.15, 0.2) is 4.42 Å². The van der Waals surface area contributed by atoms with Crippen LogP contribution in [0.4, 0.5) is 5.88 Å². The SMILES string of the molecule is COC(=O)c1oc(NC2CCCCC2)c(C(=O)OC)c1C(=O)OC. The van der Waals surface area contributed by atoms with Gasteiger partial charge in [-0.3, -0.25) is 0 Å². The van der Waals surface area contributed by atoms with Crippen molar-refractivity contribution >= 4 is 23.8 Å². The van der Waals surface area contributed by atoms with Crippen molar-refractivity contribution in [3.05, 3.63) is 16.9 Å². The average Bonchev–Trinajstić information content (AvgIpc) is 2.99. The summed E-state index contributed by atoms with van der Waals surface area (Å²) in [6.07, 6.45) is 5.07. The molecule has 1 heterocycles. The molecule has 0 aromatic carbocycles. The second-order valence-electron chi connectivity index (χ2n) is 5.46. The molecule has 0 bridgehead atoms. The van der Waals surface area contributed by atoms with E-state index in [9.17, 15) is 14.4 Å². The number of furan rings is 1. The summed E-state index contributed by atoms with van der Waals surface area (Å²) in [4.78, 5) is 36.2. The van der Waals surface area contributed by atoms with Crippen LogP contribution in [0.2, 0.25) is 0 Å². The van der Waals surface area contributed by atoms with Gasteiger partial charge in [0, 0.05) is 6.04 Å². The fourth-order valence-corrected chi connectivity index (χ4v) is 2.80. The molecule has 24 heavy (non-hydrogen) atoms. The lowest BCUT2D eigenvalue weighted by atomic mass is 9.95. The van der Waals surface area contributed by atoms with Crippen LogP contribution in [-0.2, 0) is 14.2 Å². The van der Waals surface area contributed by atoms with Gasteiger partial charge in [0.25, 0.3) is 0 Å². The van der Waals surface area contributed by atoms with Gasteiger partial charge in [0.05, 0.1) is 21.3 Å². The summed E-state index contributed by atoms with van der Waals surface area (Å²) in [5.41, 5.74) is -0.454. The van der Waals surface area contributed by atoms with Gasteiger partial charge in [-0.1, -0.05) is 19.3 Å². The Labute approximate surface area is 139 Å². The van der Waals surface area contributed by atoms with Crippen molar-refractivity contribution in [3.63, 3.8) is 0 Å². The number of esters is 3. The molecule has 0 radical (unpaired) electrons. The van der Waals surface area contributed by atoms with Crippen LogP contribution >= 0.6 is 0 Å². The maximum atomic E-state index is 12.2. The normalized spacial score (nSPS) is 14.8. The summed E-state index contributed by atoms with van der Waals surface area (Å²) in [6, 6.07) is 0.0873. The van der Waals surface area contributed by atoms with Crippen molar-refractivity contribution in [1.82, 2.24) is 0 Å². The standard InChI is InChI=1S/C16H21NO7/c1-21-14(18)10-11(15(19)22-2)13(24-12(10)16(20)23-3)17-9-7-5-4-6-8-9/h9,17H,4-8H2,1-3H3. The minimum atomic E-state index is -0.878. The number of nitrogens with one attached hydrogen (secondary N) is 1. The fourth-order valence-electron chi connectivity index (χ4n) is 2.80. The molecule has 1 aliphatic carbocycles. The van der Waals surface area contributed by atoms with Gasteiger partial charge in [-0.2, -0.15) is 0 Å². The molecule has 1 aromatic heterocycles. The average molecular weight is 339 g/mol. The van der Waals surface area contributed by atoms with Gasteiger partial charge >= 0.3 is 17.9 Å². The lowest BCUT2D eigenvalue weighted by Gasteiger charge is -2.22. The Kier molecular flexibility index (Phi) is 5.83. The molecule has 2 rings (SSSR count). The van der Waals surface area contributed by atoms with Crippen molar-refractivity contribution < 1.29 is 33.0 Å². The molecule has 1 N–H and O–H groups in total. The van der Waals surface area contributed by atoms with Crippen LogP contribution in [0.5, 0.6) is 0 Å². The van der Waals surface area contributed by atoms with E-state index in [2.05, 4.69) is 14.8 Å². The lowest BCUT2D eigenvalue weighted by Crippen LogP contribution is -2.23. The molecule has 0 spiro atoms. The maximum absolute atomic E-state index is 12.2. The minimum absolute atomic E-state index is 0.0227. The van der Waals surface area contributed by atoms with Gasteiger partial charge < -0.3 is 23.9 Å². The van der Waals surface area contributed by atoms with E-state index in [1.54, 1.807) is 0 Å². The van der Waals surface area contributed by atoms with Crippen molar-refractivity contribution in [2.24, 2.45) is 0 Å². The highest BCUT2D eigenvalue weighted by Crippen LogP contribution is 2.32. The molecule has 8 nitrogen and oxygen atoms in total. The molecule has 132 valence electrons. The minimum Gasteiger partial charge on any atom is -0.465 e. The summed E-state index contributed by atoms with van der Waals surface area (Å²) in [6.45, 7) is 0. The van der Waals surface area contributed by atoms with Gasteiger partial charge in [-0.05, 0) is 12.8 Å². The fraction of sp³-hybridized carbons (Fsp3) is 0.562. The Hall–Kier alpha value is -2.51. The summed E-state index contributed by atoms with van der Waals surface area (Å²) in [7, 11) is 3.47. The highest BCUT2D eigenvalue weighted by molar-refractivity contribution is 6.12. The molecule has 1 saturated carbocycles. The van der Waals surface area contributed by atoms with Gasteiger partial charge in [-0.25, -0.2) is 14.4 Å². The zero-order chi connectivity index (χ0) is 17.7. The Morgan fingerprint density at radius 2 is 1.42 bits per heavy atom. The molecule has 8 heteroatoms. The quantitative estimate of drug-likeness (QED) is 0.644. The second kappa shape index (κ2) is 7.85. The zero-order valence-electron chi connectivity index (χ0n) is 14.0. The maximum Gasteiger partial charge on any atom is 0.375 e. The van der Waals surface area contributed by atoms with Crippen molar-refractivity contribution in [1.29, 1.82) is 0 Å². The van der Waals surface area contributed by atoms with Crippen LogP contribution in [-0.4, -0.2) is 45.3 Å². The molecular weight excluding hydrogens is 318 g/mol. The highest BCUT2D eigenvalue weighted by Gasteiger charge is 2.36. The number of anilines is 1. The third kappa shape index (κ3) is 3.52.